The number of nitrogens with one attached hydrogen (secondary N) is 2. The Morgan fingerprint density at radius 3 is 2.81 bits per heavy atom. The van der Waals surface area contributed by atoms with Crippen molar-refractivity contribution in [3.63, 3.8) is 0 Å². The third-order valence-corrected chi connectivity index (χ3v) is 4.80. The Hall–Kier alpha value is -3.08. The molecule has 4 rings (SSSR count). The number of aryl methyl sites for hydroxylation is 3. The van der Waals surface area contributed by atoms with E-state index in [4.69, 9.17) is 0 Å². The molecule has 5 nitrogen and oxygen atoms in total. The summed E-state index contributed by atoms with van der Waals surface area (Å²) in [6, 6.07) is 14.2. The number of fused-ring (bicyclic) bond motifs is 2. The molecule has 0 radical (unpaired) electrons. The zero-order valence-electron chi connectivity index (χ0n) is 15.3. The smallest absolute Gasteiger partial charge is 0.267 e. The second-order valence-corrected chi connectivity index (χ2v) is 6.78. The molecule has 0 spiro atoms. The lowest BCUT2D eigenvalue weighted by Gasteiger charge is -2.08. The maximum absolute atomic E-state index is 12.5. The highest BCUT2D eigenvalue weighted by atomic mass is 16.1. The molecule has 26 heavy (non-hydrogen) atoms. The highest BCUT2D eigenvalue weighted by molar-refractivity contribution is 5.99. The standard InChI is InChI=1S/C21H22N4O/c1-13-10-14(2)16-12-19(24-18(16)11-13)21(26)22-8-9-25-15(3)23-17-6-4-5-7-20(17)25/h4-7,10-12,24H,8-9H2,1-3H3,(H,22,26). The third-order valence-electron chi connectivity index (χ3n) is 4.80. The third kappa shape index (κ3) is 2.86. The van der Waals surface area contributed by atoms with Crippen molar-refractivity contribution in [1.29, 1.82) is 0 Å². The summed E-state index contributed by atoms with van der Waals surface area (Å²) in [5.41, 5.74) is 6.04. The first-order valence-electron chi connectivity index (χ1n) is 8.83. The van der Waals surface area contributed by atoms with Crippen LogP contribution in [0.5, 0.6) is 0 Å². The van der Waals surface area contributed by atoms with Crippen molar-refractivity contribution in [2.75, 3.05) is 6.54 Å². The molecule has 2 N–H and O–H groups in total. The van der Waals surface area contributed by atoms with Crippen LogP contribution in [0.4, 0.5) is 0 Å². The molecule has 0 aliphatic rings. The Labute approximate surface area is 152 Å². The summed E-state index contributed by atoms with van der Waals surface area (Å²) < 4.78 is 2.13. The summed E-state index contributed by atoms with van der Waals surface area (Å²) >= 11 is 0. The molecular weight excluding hydrogens is 324 g/mol. The van der Waals surface area contributed by atoms with Crippen molar-refractivity contribution >= 4 is 27.8 Å². The van der Waals surface area contributed by atoms with E-state index in [9.17, 15) is 4.79 Å². The van der Waals surface area contributed by atoms with Gasteiger partial charge < -0.3 is 14.9 Å². The normalized spacial score (nSPS) is 11.3. The number of nitrogens with zero attached hydrogens (tertiary/aromatic N) is 2. The van der Waals surface area contributed by atoms with E-state index in [0.717, 1.165) is 27.8 Å². The van der Waals surface area contributed by atoms with Gasteiger partial charge in [-0.2, -0.15) is 0 Å². The van der Waals surface area contributed by atoms with Crippen LogP contribution in [0.15, 0.2) is 42.5 Å². The summed E-state index contributed by atoms with van der Waals surface area (Å²) in [6.45, 7) is 7.36. The number of carbonyl (C=O) groups excluding carboxylic acids is 1. The number of rotatable bonds is 4. The number of benzene rings is 2. The van der Waals surface area contributed by atoms with E-state index in [1.807, 2.05) is 31.2 Å². The molecule has 2 aromatic carbocycles. The molecular formula is C21H22N4O. The Morgan fingerprint density at radius 2 is 1.96 bits per heavy atom. The SMILES string of the molecule is Cc1cc(C)c2cc(C(=O)NCCn3c(C)nc4ccccc43)[nH]c2c1. The molecule has 4 aromatic rings. The average Bonchev–Trinajstić information content (AvgIpc) is 3.16. The minimum absolute atomic E-state index is 0.0830. The largest absolute Gasteiger partial charge is 0.351 e. The molecule has 0 aliphatic carbocycles. The predicted octanol–water partition coefficient (Wildman–Crippen LogP) is 3.87. The highest BCUT2D eigenvalue weighted by Gasteiger charge is 2.12. The van der Waals surface area contributed by atoms with Gasteiger partial charge >= 0.3 is 0 Å². The Kier molecular flexibility index (Phi) is 3.99. The van der Waals surface area contributed by atoms with E-state index in [1.165, 1.54) is 11.1 Å². The lowest BCUT2D eigenvalue weighted by molar-refractivity contribution is 0.0948. The number of aromatic amines is 1. The van der Waals surface area contributed by atoms with Gasteiger partial charge in [-0.3, -0.25) is 4.79 Å². The van der Waals surface area contributed by atoms with Crippen LogP contribution in [0.3, 0.4) is 0 Å². The fourth-order valence-corrected chi connectivity index (χ4v) is 3.58. The van der Waals surface area contributed by atoms with E-state index >= 15 is 0 Å². The predicted molar refractivity (Wildman–Crippen MR) is 105 cm³/mol. The summed E-state index contributed by atoms with van der Waals surface area (Å²) in [6.07, 6.45) is 0. The Morgan fingerprint density at radius 1 is 1.15 bits per heavy atom. The van der Waals surface area contributed by atoms with Gasteiger partial charge in [-0.15, -0.1) is 0 Å². The summed E-state index contributed by atoms with van der Waals surface area (Å²) in [4.78, 5) is 20.3. The lowest BCUT2D eigenvalue weighted by Crippen LogP contribution is -2.27. The maximum atomic E-state index is 12.5. The van der Waals surface area contributed by atoms with E-state index in [1.54, 1.807) is 0 Å². The molecule has 132 valence electrons. The summed E-state index contributed by atoms with van der Waals surface area (Å²) in [7, 11) is 0. The number of hydrogen-bond donors (Lipinski definition) is 2. The molecule has 2 aromatic heterocycles. The summed E-state index contributed by atoms with van der Waals surface area (Å²) in [5.74, 6) is 0.873. The van der Waals surface area contributed by atoms with Gasteiger partial charge in [0.25, 0.3) is 5.91 Å². The van der Waals surface area contributed by atoms with Gasteiger partial charge in [0.15, 0.2) is 0 Å². The van der Waals surface area contributed by atoms with Crippen molar-refractivity contribution in [1.82, 2.24) is 19.9 Å². The van der Waals surface area contributed by atoms with Crippen LogP contribution in [0.25, 0.3) is 21.9 Å². The minimum Gasteiger partial charge on any atom is -0.351 e. The molecule has 0 bridgehead atoms. The highest BCUT2D eigenvalue weighted by Crippen LogP contribution is 2.21. The molecule has 0 saturated heterocycles. The number of H-pyrrole nitrogens is 1. The van der Waals surface area contributed by atoms with Crippen LogP contribution in [-0.2, 0) is 6.54 Å². The number of amides is 1. The molecule has 2 heterocycles. The first kappa shape index (κ1) is 16.4. The van der Waals surface area contributed by atoms with Crippen LogP contribution in [0.1, 0.15) is 27.4 Å². The average molecular weight is 346 g/mol. The van der Waals surface area contributed by atoms with E-state index in [0.29, 0.717) is 18.8 Å². The van der Waals surface area contributed by atoms with Gasteiger partial charge in [-0.1, -0.05) is 18.2 Å². The van der Waals surface area contributed by atoms with Crippen molar-refractivity contribution in [3.8, 4) is 0 Å². The van der Waals surface area contributed by atoms with Crippen molar-refractivity contribution < 1.29 is 4.79 Å². The molecule has 0 aliphatic heterocycles. The monoisotopic (exact) mass is 346 g/mol. The number of imidazole rings is 1. The molecule has 0 fully saturated rings. The van der Waals surface area contributed by atoms with Crippen LogP contribution in [0, 0.1) is 20.8 Å². The van der Waals surface area contributed by atoms with Gasteiger partial charge in [0.1, 0.15) is 11.5 Å². The first-order valence-corrected chi connectivity index (χ1v) is 8.83. The first-order chi connectivity index (χ1) is 12.5. The molecule has 0 unspecified atom stereocenters. The van der Waals surface area contributed by atoms with Crippen molar-refractivity contribution in [3.05, 3.63) is 65.1 Å². The van der Waals surface area contributed by atoms with E-state index < -0.39 is 0 Å². The van der Waals surface area contributed by atoms with Crippen molar-refractivity contribution in [2.24, 2.45) is 0 Å². The van der Waals surface area contributed by atoms with Gasteiger partial charge in [0, 0.05) is 24.0 Å². The Balaban J connectivity index is 1.49. The molecule has 0 saturated carbocycles. The maximum Gasteiger partial charge on any atom is 0.267 e. The topological polar surface area (TPSA) is 62.7 Å². The quantitative estimate of drug-likeness (QED) is 0.589. The van der Waals surface area contributed by atoms with Gasteiger partial charge in [0.05, 0.1) is 11.0 Å². The molecule has 5 heteroatoms. The molecule has 0 atom stereocenters. The fraction of sp³-hybridized carbons (Fsp3) is 0.238. The second-order valence-electron chi connectivity index (χ2n) is 6.78. The van der Waals surface area contributed by atoms with E-state index in [2.05, 4.69) is 51.9 Å². The van der Waals surface area contributed by atoms with Gasteiger partial charge in [-0.25, -0.2) is 4.98 Å². The number of para-hydroxylation sites is 2. The number of aromatic nitrogens is 3. The van der Waals surface area contributed by atoms with E-state index in [-0.39, 0.29) is 5.91 Å². The lowest BCUT2D eigenvalue weighted by atomic mass is 10.1. The Bertz CT molecular complexity index is 1120. The van der Waals surface area contributed by atoms with Gasteiger partial charge in [0.2, 0.25) is 0 Å². The number of carbonyl (C=O) groups is 1. The minimum atomic E-state index is -0.0830. The number of hydrogen-bond acceptors (Lipinski definition) is 2. The summed E-state index contributed by atoms with van der Waals surface area (Å²) in [5, 5.41) is 4.10. The molecule has 1 amide bonds. The van der Waals surface area contributed by atoms with Crippen LogP contribution in [0.2, 0.25) is 0 Å². The van der Waals surface area contributed by atoms with Crippen LogP contribution < -0.4 is 5.32 Å². The van der Waals surface area contributed by atoms with Crippen LogP contribution >= 0.6 is 0 Å². The zero-order valence-corrected chi connectivity index (χ0v) is 15.3. The second kappa shape index (κ2) is 6.33. The fourth-order valence-electron chi connectivity index (χ4n) is 3.58. The zero-order chi connectivity index (χ0) is 18.3. The van der Waals surface area contributed by atoms with Gasteiger partial charge in [-0.05, 0) is 56.2 Å². The van der Waals surface area contributed by atoms with Crippen LogP contribution in [-0.4, -0.2) is 27.0 Å². The van der Waals surface area contributed by atoms with Crippen molar-refractivity contribution in [2.45, 2.75) is 27.3 Å².